The Hall–Kier alpha value is -1.36. The molecule has 1 amide bonds. The first kappa shape index (κ1) is 11.7. The van der Waals surface area contributed by atoms with E-state index >= 15 is 0 Å². The highest BCUT2D eigenvalue weighted by molar-refractivity contribution is 5.75. The molecule has 0 spiro atoms. The number of amides is 1. The summed E-state index contributed by atoms with van der Waals surface area (Å²) in [6, 6.07) is 2.36. The summed E-state index contributed by atoms with van der Waals surface area (Å²) in [5.74, 6) is -0.351. The van der Waals surface area contributed by atoms with Crippen molar-refractivity contribution in [3.63, 3.8) is 0 Å². The van der Waals surface area contributed by atoms with Crippen LogP contribution in [0.3, 0.4) is 0 Å². The van der Waals surface area contributed by atoms with Gasteiger partial charge in [0.1, 0.15) is 0 Å². The molecule has 0 aliphatic carbocycles. The first-order valence-corrected chi connectivity index (χ1v) is 5.16. The number of primary amides is 1. The molecule has 1 atom stereocenters. The average Bonchev–Trinajstić information content (AvgIpc) is 2.65. The molecule has 3 N–H and O–H groups in total. The number of rotatable bonds is 6. The van der Waals surface area contributed by atoms with Gasteiger partial charge in [-0.25, -0.2) is 0 Å². The molecule has 0 radical (unpaired) electrons. The van der Waals surface area contributed by atoms with Crippen molar-refractivity contribution in [3.8, 4) is 0 Å². The van der Waals surface area contributed by atoms with Crippen LogP contribution in [-0.2, 0) is 11.3 Å². The van der Waals surface area contributed by atoms with Crippen LogP contribution in [0, 0.1) is 0 Å². The van der Waals surface area contributed by atoms with E-state index in [2.05, 4.69) is 24.3 Å². The van der Waals surface area contributed by atoms with E-state index < -0.39 is 0 Å². The van der Waals surface area contributed by atoms with Gasteiger partial charge in [0.25, 0.3) is 0 Å². The molecular formula is C10H18N4O. The molecule has 0 saturated heterocycles. The van der Waals surface area contributed by atoms with Gasteiger partial charge in [-0.1, -0.05) is 6.92 Å². The van der Waals surface area contributed by atoms with E-state index in [0.29, 0.717) is 12.6 Å². The second-order valence-corrected chi connectivity index (χ2v) is 3.61. The molecule has 0 bridgehead atoms. The van der Waals surface area contributed by atoms with Gasteiger partial charge in [-0.2, -0.15) is 5.10 Å². The van der Waals surface area contributed by atoms with Gasteiger partial charge in [0.15, 0.2) is 0 Å². The maximum Gasteiger partial charge on any atom is 0.231 e. The van der Waals surface area contributed by atoms with E-state index in [1.165, 1.54) is 0 Å². The fraction of sp³-hybridized carbons (Fsp3) is 0.600. The smallest absolute Gasteiger partial charge is 0.231 e. The van der Waals surface area contributed by atoms with Crippen LogP contribution in [0.25, 0.3) is 0 Å². The molecule has 5 heteroatoms. The third-order valence-electron chi connectivity index (χ3n) is 2.31. The number of hydrogen-bond acceptors (Lipinski definition) is 3. The zero-order valence-corrected chi connectivity index (χ0v) is 9.23. The summed E-state index contributed by atoms with van der Waals surface area (Å²) in [7, 11) is 0. The normalized spacial score (nSPS) is 12.7. The van der Waals surface area contributed by atoms with Crippen molar-refractivity contribution in [2.75, 3.05) is 6.54 Å². The molecule has 0 saturated carbocycles. The molecule has 1 aromatic rings. The second kappa shape index (κ2) is 5.50. The fourth-order valence-corrected chi connectivity index (χ4v) is 1.22. The Morgan fingerprint density at radius 3 is 3.07 bits per heavy atom. The standard InChI is InChI=1S/C10H18N4O/c1-3-8(2)14-5-4-9(13-14)6-12-7-10(11)15/h4-5,8,12H,3,6-7H2,1-2H3,(H2,11,15). The van der Waals surface area contributed by atoms with Crippen LogP contribution in [0.2, 0.25) is 0 Å². The summed E-state index contributed by atoms with van der Waals surface area (Å²) >= 11 is 0. The Morgan fingerprint density at radius 1 is 1.73 bits per heavy atom. The van der Waals surface area contributed by atoms with Crippen LogP contribution >= 0.6 is 0 Å². The number of nitrogens with one attached hydrogen (secondary N) is 1. The van der Waals surface area contributed by atoms with Crippen molar-refractivity contribution in [1.82, 2.24) is 15.1 Å². The molecule has 15 heavy (non-hydrogen) atoms. The lowest BCUT2D eigenvalue weighted by molar-refractivity contribution is -0.117. The quantitative estimate of drug-likeness (QED) is 0.715. The Bertz CT molecular complexity index is 321. The monoisotopic (exact) mass is 210 g/mol. The Labute approximate surface area is 89.6 Å². The van der Waals surface area contributed by atoms with Crippen molar-refractivity contribution in [3.05, 3.63) is 18.0 Å². The Balaban J connectivity index is 2.42. The summed E-state index contributed by atoms with van der Waals surface area (Å²) < 4.78 is 1.93. The van der Waals surface area contributed by atoms with E-state index in [1.54, 1.807) is 0 Å². The Kier molecular flexibility index (Phi) is 4.30. The summed E-state index contributed by atoms with van der Waals surface area (Å²) in [5, 5.41) is 7.30. The number of hydrogen-bond donors (Lipinski definition) is 2. The van der Waals surface area contributed by atoms with Crippen LogP contribution in [0.4, 0.5) is 0 Å². The summed E-state index contributed by atoms with van der Waals surface area (Å²) in [6.45, 7) is 5.01. The molecule has 1 rings (SSSR count). The highest BCUT2D eigenvalue weighted by Gasteiger charge is 2.04. The zero-order chi connectivity index (χ0) is 11.3. The van der Waals surface area contributed by atoms with E-state index in [1.807, 2.05) is 16.9 Å². The van der Waals surface area contributed by atoms with Crippen LogP contribution in [0.5, 0.6) is 0 Å². The van der Waals surface area contributed by atoms with Crippen LogP contribution < -0.4 is 11.1 Å². The maximum atomic E-state index is 10.5. The lowest BCUT2D eigenvalue weighted by Crippen LogP contribution is -2.28. The third-order valence-corrected chi connectivity index (χ3v) is 2.31. The molecular weight excluding hydrogens is 192 g/mol. The SMILES string of the molecule is CCC(C)n1ccc(CNCC(N)=O)n1. The molecule has 84 valence electrons. The van der Waals surface area contributed by atoms with Gasteiger partial charge in [-0.3, -0.25) is 9.48 Å². The minimum absolute atomic E-state index is 0.191. The highest BCUT2D eigenvalue weighted by Crippen LogP contribution is 2.08. The largest absolute Gasteiger partial charge is 0.369 e. The number of nitrogens with zero attached hydrogens (tertiary/aromatic N) is 2. The van der Waals surface area contributed by atoms with Gasteiger partial charge in [-0.05, 0) is 19.4 Å². The minimum Gasteiger partial charge on any atom is -0.369 e. The number of nitrogens with two attached hydrogens (primary N) is 1. The molecule has 5 nitrogen and oxygen atoms in total. The van der Waals surface area contributed by atoms with E-state index in [0.717, 1.165) is 12.1 Å². The van der Waals surface area contributed by atoms with Crippen molar-refractivity contribution < 1.29 is 4.79 Å². The van der Waals surface area contributed by atoms with Crippen LogP contribution in [0.1, 0.15) is 32.0 Å². The van der Waals surface area contributed by atoms with Crippen LogP contribution in [0.15, 0.2) is 12.3 Å². The van der Waals surface area contributed by atoms with Crippen molar-refractivity contribution >= 4 is 5.91 Å². The predicted molar refractivity (Wildman–Crippen MR) is 58.1 cm³/mol. The zero-order valence-electron chi connectivity index (χ0n) is 9.23. The minimum atomic E-state index is -0.351. The van der Waals surface area contributed by atoms with E-state index in [9.17, 15) is 4.79 Å². The van der Waals surface area contributed by atoms with E-state index in [4.69, 9.17) is 5.73 Å². The number of carbonyl (C=O) groups excluding carboxylic acids is 1. The first-order chi connectivity index (χ1) is 7.13. The van der Waals surface area contributed by atoms with Crippen molar-refractivity contribution in [1.29, 1.82) is 0 Å². The molecule has 0 aliphatic heterocycles. The van der Waals surface area contributed by atoms with Gasteiger partial charge in [0, 0.05) is 18.8 Å². The molecule has 0 aromatic carbocycles. The summed E-state index contributed by atoms with van der Waals surface area (Å²) in [5.41, 5.74) is 5.93. The highest BCUT2D eigenvalue weighted by atomic mass is 16.1. The third kappa shape index (κ3) is 3.71. The second-order valence-electron chi connectivity index (χ2n) is 3.61. The van der Waals surface area contributed by atoms with Gasteiger partial charge < -0.3 is 11.1 Å². The molecule has 1 aromatic heterocycles. The van der Waals surface area contributed by atoms with Gasteiger partial charge in [0.2, 0.25) is 5.91 Å². The predicted octanol–water partition coefficient (Wildman–Crippen LogP) is 0.429. The number of aromatic nitrogens is 2. The molecule has 1 heterocycles. The molecule has 0 fully saturated rings. The first-order valence-electron chi connectivity index (χ1n) is 5.16. The van der Waals surface area contributed by atoms with Crippen molar-refractivity contribution in [2.45, 2.75) is 32.9 Å². The topological polar surface area (TPSA) is 72.9 Å². The molecule has 1 unspecified atom stereocenters. The maximum absolute atomic E-state index is 10.5. The Morgan fingerprint density at radius 2 is 2.47 bits per heavy atom. The lowest BCUT2D eigenvalue weighted by atomic mass is 10.3. The van der Waals surface area contributed by atoms with Gasteiger partial charge in [0.05, 0.1) is 12.2 Å². The summed E-state index contributed by atoms with van der Waals surface area (Å²) in [4.78, 5) is 10.5. The lowest BCUT2D eigenvalue weighted by Gasteiger charge is -2.08. The molecule has 0 aliphatic rings. The van der Waals surface area contributed by atoms with Gasteiger partial charge in [-0.15, -0.1) is 0 Å². The van der Waals surface area contributed by atoms with Crippen LogP contribution in [-0.4, -0.2) is 22.2 Å². The van der Waals surface area contributed by atoms with Gasteiger partial charge >= 0.3 is 0 Å². The average molecular weight is 210 g/mol. The van der Waals surface area contributed by atoms with Crippen molar-refractivity contribution in [2.24, 2.45) is 5.73 Å². The fourth-order valence-electron chi connectivity index (χ4n) is 1.22. The van der Waals surface area contributed by atoms with E-state index in [-0.39, 0.29) is 12.5 Å². The summed E-state index contributed by atoms with van der Waals surface area (Å²) in [6.07, 6.45) is 3.01. The number of carbonyl (C=O) groups is 1.